The summed E-state index contributed by atoms with van der Waals surface area (Å²) in [5.74, 6) is -1.40. The molecule has 0 saturated heterocycles. The molecule has 0 aliphatic rings. The molecule has 0 radical (unpaired) electrons. The lowest BCUT2D eigenvalue weighted by Crippen LogP contribution is -2.56. The zero-order valence-corrected chi connectivity index (χ0v) is 15.5. The summed E-state index contributed by atoms with van der Waals surface area (Å²) in [4.78, 5) is 25.8. The highest BCUT2D eigenvalue weighted by Crippen LogP contribution is 2.33. The smallest absolute Gasteiger partial charge is 0.267 e. The van der Waals surface area contributed by atoms with Crippen LogP contribution < -0.4 is 0 Å². The molecule has 2 rings (SSSR count). The van der Waals surface area contributed by atoms with Crippen LogP contribution in [-0.2, 0) is 6.18 Å². The predicted octanol–water partition coefficient (Wildman–Crippen LogP) is 4.63. The minimum atomic E-state index is -4.68. The maximum Gasteiger partial charge on any atom is 0.417 e. The second kappa shape index (κ2) is 7.42. The molecule has 0 N–H and O–H groups in total. The number of carbonyl (C=O) groups is 2. The minimum Gasteiger partial charge on any atom is -0.267 e. The van der Waals surface area contributed by atoms with E-state index in [1.54, 1.807) is 51.1 Å². The van der Waals surface area contributed by atoms with Crippen molar-refractivity contribution in [2.24, 2.45) is 0 Å². The molecular weight excluding hydrogens is 357 g/mol. The fourth-order valence-corrected chi connectivity index (χ4v) is 2.78. The Labute approximate surface area is 156 Å². The highest BCUT2D eigenvalue weighted by atomic mass is 19.4. The molecule has 27 heavy (non-hydrogen) atoms. The topological polar surface area (TPSA) is 40.6 Å². The number of halogens is 3. The number of amides is 2. The van der Waals surface area contributed by atoms with Gasteiger partial charge in [0.05, 0.1) is 16.7 Å². The third kappa shape index (κ3) is 4.48. The molecule has 0 bridgehead atoms. The van der Waals surface area contributed by atoms with Crippen LogP contribution >= 0.6 is 0 Å². The van der Waals surface area contributed by atoms with Gasteiger partial charge in [-0.2, -0.15) is 13.2 Å². The van der Waals surface area contributed by atoms with Crippen LogP contribution in [-0.4, -0.2) is 34.4 Å². The molecule has 0 unspecified atom stereocenters. The molecule has 7 heteroatoms. The fourth-order valence-electron chi connectivity index (χ4n) is 2.78. The average molecular weight is 378 g/mol. The summed E-state index contributed by atoms with van der Waals surface area (Å²) in [6.45, 7) is 4.95. The van der Waals surface area contributed by atoms with Crippen LogP contribution in [0.2, 0.25) is 0 Å². The van der Waals surface area contributed by atoms with Crippen molar-refractivity contribution in [1.82, 2.24) is 10.0 Å². The molecule has 0 heterocycles. The summed E-state index contributed by atoms with van der Waals surface area (Å²) in [5, 5.41) is 2.11. The van der Waals surface area contributed by atoms with E-state index in [2.05, 4.69) is 0 Å². The maximum atomic E-state index is 13.3. The Morgan fingerprint density at radius 2 is 1.33 bits per heavy atom. The zero-order valence-electron chi connectivity index (χ0n) is 15.5. The van der Waals surface area contributed by atoms with Crippen LogP contribution in [0.3, 0.4) is 0 Å². The van der Waals surface area contributed by atoms with Crippen molar-refractivity contribution in [3.8, 4) is 0 Å². The van der Waals surface area contributed by atoms with Crippen LogP contribution in [0, 0.1) is 0 Å². The van der Waals surface area contributed by atoms with Gasteiger partial charge >= 0.3 is 6.18 Å². The highest BCUT2D eigenvalue weighted by Gasteiger charge is 2.40. The van der Waals surface area contributed by atoms with Crippen LogP contribution in [0.15, 0.2) is 54.6 Å². The number of carbonyl (C=O) groups excluding carboxylic acids is 2. The third-order valence-electron chi connectivity index (χ3n) is 3.91. The Morgan fingerprint density at radius 1 is 0.815 bits per heavy atom. The van der Waals surface area contributed by atoms with Gasteiger partial charge < -0.3 is 0 Å². The Bertz CT molecular complexity index is 827. The van der Waals surface area contributed by atoms with E-state index in [9.17, 15) is 22.8 Å². The van der Waals surface area contributed by atoms with Crippen molar-refractivity contribution in [2.75, 3.05) is 7.05 Å². The van der Waals surface area contributed by atoms with E-state index in [-0.39, 0.29) is 0 Å². The maximum absolute atomic E-state index is 13.3. The second-order valence-electron chi connectivity index (χ2n) is 7.03. The number of hydrogen-bond donors (Lipinski definition) is 0. The summed E-state index contributed by atoms with van der Waals surface area (Å²) in [7, 11) is 1.37. The molecule has 2 aromatic rings. The molecule has 0 saturated carbocycles. The van der Waals surface area contributed by atoms with E-state index >= 15 is 0 Å². The molecule has 0 aliphatic heterocycles. The molecule has 0 spiro atoms. The van der Waals surface area contributed by atoms with Crippen molar-refractivity contribution in [2.45, 2.75) is 32.5 Å². The summed E-state index contributed by atoms with van der Waals surface area (Å²) in [5.41, 5.74) is -2.15. The number of benzene rings is 2. The van der Waals surface area contributed by atoms with Gasteiger partial charge in [-0.15, -0.1) is 0 Å². The van der Waals surface area contributed by atoms with Gasteiger partial charge in [0, 0.05) is 12.6 Å². The van der Waals surface area contributed by atoms with Gasteiger partial charge in [-0.05, 0) is 45.0 Å². The van der Waals surface area contributed by atoms with Gasteiger partial charge in [0.2, 0.25) is 0 Å². The SMILES string of the molecule is CN(C(=O)c1ccccc1)N(C(=O)c1ccccc1C(F)(F)F)C(C)(C)C. The first-order chi connectivity index (χ1) is 12.4. The molecule has 0 aromatic heterocycles. The Kier molecular flexibility index (Phi) is 5.63. The molecular formula is C20H21F3N2O2. The van der Waals surface area contributed by atoms with Crippen LogP contribution in [0.25, 0.3) is 0 Å². The Morgan fingerprint density at radius 3 is 1.85 bits per heavy atom. The zero-order chi connectivity index (χ0) is 20.4. The number of nitrogens with zero attached hydrogens (tertiary/aromatic N) is 2. The highest BCUT2D eigenvalue weighted by molar-refractivity contribution is 6.00. The molecule has 0 aliphatic carbocycles. The molecule has 2 aromatic carbocycles. The van der Waals surface area contributed by atoms with Gasteiger partial charge in [-0.1, -0.05) is 30.3 Å². The monoisotopic (exact) mass is 378 g/mol. The standard InChI is InChI=1S/C20H21F3N2O2/c1-19(2,3)25(24(4)17(26)14-10-6-5-7-11-14)18(27)15-12-8-9-13-16(15)20(21,22)23/h5-13H,1-4H3. The second-order valence-corrected chi connectivity index (χ2v) is 7.03. The molecule has 0 atom stereocenters. The van der Waals surface area contributed by atoms with Crippen molar-refractivity contribution in [1.29, 1.82) is 0 Å². The van der Waals surface area contributed by atoms with Crippen molar-refractivity contribution in [3.05, 3.63) is 71.3 Å². The number of alkyl halides is 3. The van der Waals surface area contributed by atoms with Crippen LogP contribution in [0.4, 0.5) is 13.2 Å². The summed E-state index contributed by atoms with van der Waals surface area (Å²) in [6.07, 6.45) is -4.68. The first-order valence-corrected chi connectivity index (χ1v) is 8.28. The first-order valence-electron chi connectivity index (χ1n) is 8.28. The van der Waals surface area contributed by atoms with Crippen LogP contribution in [0.1, 0.15) is 47.1 Å². The Balaban J connectivity index is 2.50. The lowest BCUT2D eigenvalue weighted by atomic mass is 10.0. The van der Waals surface area contributed by atoms with Crippen molar-refractivity contribution < 1.29 is 22.8 Å². The van der Waals surface area contributed by atoms with Crippen LogP contribution in [0.5, 0.6) is 0 Å². The Hall–Kier alpha value is -2.83. The van der Waals surface area contributed by atoms with Gasteiger partial charge in [-0.25, -0.2) is 10.0 Å². The normalized spacial score (nSPS) is 11.8. The number of rotatable bonds is 2. The van der Waals surface area contributed by atoms with E-state index in [4.69, 9.17) is 0 Å². The van der Waals surface area contributed by atoms with E-state index in [0.29, 0.717) is 5.56 Å². The van der Waals surface area contributed by atoms with E-state index in [1.165, 1.54) is 19.2 Å². The largest absolute Gasteiger partial charge is 0.417 e. The summed E-state index contributed by atoms with van der Waals surface area (Å²) < 4.78 is 40.0. The van der Waals surface area contributed by atoms with Gasteiger partial charge in [0.15, 0.2) is 0 Å². The van der Waals surface area contributed by atoms with Crippen molar-refractivity contribution >= 4 is 11.8 Å². The lowest BCUT2D eigenvalue weighted by Gasteiger charge is -2.42. The summed E-state index contributed by atoms with van der Waals surface area (Å²) >= 11 is 0. The fraction of sp³-hybridized carbons (Fsp3) is 0.300. The summed E-state index contributed by atoms with van der Waals surface area (Å²) in [6, 6.07) is 12.8. The van der Waals surface area contributed by atoms with Crippen molar-refractivity contribution in [3.63, 3.8) is 0 Å². The van der Waals surface area contributed by atoms with E-state index in [0.717, 1.165) is 22.2 Å². The van der Waals surface area contributed by atoms with Gasteiger partial charge in [-0.3, -0.25) is 9.59 Å². The minimum absolute atomic E-state index is 0.325. The first kappa shape index (κ1) is 20.5. The van der Waals surface area contributed by atoms with Gasteiger partial charge in [0.25, 0.3) is 11.8 Å². The van der Waals surface area contributed by atoms with Gasteiger partial charge in [0.1, 0.15) is 0 Å². The molecule has 0 fully saturated rings. The quantitative estimate of drug-likeness (QED) is 0.715. The van der Waals surface area contributed by atoms with E-state index in [1.807, 2.05) is 0 Å². The predicted molar refractivity (Wildman–Crippen MR) is 95.9 cm³/mol. The molecule has 2 amide bonds. The van der Waals surface area contributed by atoms with E-state index < -0.39 is 34.7 Å². The molecule has 144 valence electrons. The number of hydrazine groups is 1. The average Bonchev–Trinajstić information content (AvgIpc) is 2.60. The molecule has 4 nitrogen and oxygen atoms in total. The number of hydrogen-bond acceptors (Lipinski definition) is 2. The lowest BCUT2D eigenvalue weighted by molar-refractivity contribution is -0.138. The third-order valence-corrected chi connectivity index (χ3v) is 3.91.